The quantitative estimate of drug-likeness (QED) is 0.641. The Balaban J connectivity index is 4.87. The van der Waals surface area contributed by atoms with Crippen LogP contribution in [-0.2, 0) is 0 Å². The third-order valence-corrected chi connectivity index (χ3v) is 1.84. The second-order valence-electron chi connectivity index (χ2n) is 3.52. The highest BCUT2D eigenvalue weighted by Crippen LogP contribution is 2.19. The Labute approximate surface area is 75.8 Å². The number of hydrogen-bond donors (Lipinski definition) is 1. The fourth-order valence-corrected chi connectivity index (χ4v) is 1.29. The lowest BCUT2D eigenvalue weighted by molar-refractivity contribution is 0.638. The predicted octanol–water partition coefficient (Wildman–Crippen LogP) is 2.43. The van der Waals surface area contributed by atoms with Crippen LogP contribution < -0.4 is 5.32 Å². The van der Waals surface area contributed by atoms with Crippen LogP contribution in [0.2, 0.25) is 0 Å². The van der Waals surface area contributed by atoms with Crippen molar-refractivity contribution in [3.63, 3.8) is 0 Å². The third kappa shape index (κ3) is 2.68. The van der Waals surface area contributed by atoms with Crippen LogP contribution in [0.25, 0.3) is 0 Å². The van der Waals surface area contributed by atoms with Crippen molar-refractivity contribution in [2.75, 3.05) is 7.05 Å². The van der Waals surface area contributed by atoms with Gasteiger partial charge in [0.25, 0.3) is 0 Å². The smallest absolute Gasteiger partial charge is 0.0613 e. The van der Waals surface area contributed by atoms with E-state index >= 15 is 0 Å². The van der Waals surface area contributed by atoms with E-state index in [9.17, 15) is 0 Å². The van der Waals surface area contributed by atoms with Gasteiger partial charge in [0, 0.05) is 12.7 Å². The average molecular weight is 168 g/mol. The molecule has 0 spiro atoms. The number of nitrogens with one attached hydrogen (secondary N) is 1. The van der Waals surface area contributed by atoms with Gasteiger partial charge < -0.3 is 5.32 Å². The molecule has 0 aliphatic rings. The Kier molecular flexibility index (Phi) is 4.64. The molecule has 0 aliphatic carbocycles. The molecule has 0 bridgehead atoms. The zero-order chi connectivity index (χ0) is 9.72. The van der Waals surface area contributed by atoms with E-state index in [1.54, 1.807) is 0 Å². The van der Waals surface area contributed by atoms with Gasteiger partial charge in [-0.25, -0.2) is 0 Å². The van der Waals surface area contributed by atoms with E-state index in [0.29, 0.717) is 11.8 Å². The summed E-state index contributed by atoms with van der Waals surface area (Å²) in [5.74, 6) is 0.922. The molecule has 0 saturated heterocycles. The van der Waals surface area contributed by atoms with Crippen LogP contribution in [-0.4, -0.2) is 13.8 Å². The zero-order valence-corrected chi connectivity index (χ0v) is 8.81. The lowest BCUT2D eigenvalue weighted by Crippen LogP contribution is -2.16. The van der Waals surface area contributed by atoms with Gasteiger partial charge in [0.15, 0.2) is 0 Å². The molecule has 0 rings (SSSR count). The normalized spacial score (nSPS) is 13.2. The van der Waals surface area contributed by atoms with Crippen LogP contribution in [0.1, 0.15) is 27.7 Å². The van der Waals surface area contributed by atoms with Crippen LogP contribution in [0.15, 0.2) is 16.4 Å². The molecule has 0 radical (unpaired) electrons. The van der Waals surface area contributed by atoms with Crippen molar-refractivity contribution < 1.29 is 0 Å². The van der Waals surface area contributed by atoms with Crippen LogP contribution >= 0.6 is 0 Å². The first kappa shape index (κ1) is 11.2. The molecule has 0 aromatic heterocycles. The molecule has 0 saturated carbocycles. The Hall–Kier alpha value is -0.790. The summed E-state index contributed by atoms with van der Waals surface area (Å²) in [4.78, 5) is 4.05. The first-order valence-electron chi connectivity index (χ1n) is 4.43. The predicted molar refractivity (Wildman–Crippen MR) is 55.3 cm³/mol. The Bertz CT molecular complexity index is 178. The summed E-state index contributed by atoms with van der Waals surface area (Å²) in [7, 11) is 1.93. The van der Waals surface area contributed by atoms with Crippen molar-refractivity contribution in [2.24, 2.45) is 16.8 Å². The Morgan fingerprint density at radius 1 is 1.17 bits per heavy atom. The van der Waals surface area contributed by atoms with Crippen molar-refractivity contribution in [1.82, 2.24) is 5.32 Å². The summed E-state index contributed by atoms with van der Waals surface area (Å²) < 4.78 is 0. The monoisotopic (exact) mass is 168 g/mol. The SMILES string of the molecule is C=N/C(=C(\NC)C(C)C)C(C)C. The van der Waals surface area contributed by atoms with E-state index in [-0.39, 0.29) is 0 Å². The van der Waals surface area contributed by atoms with E-state index in [0.717, 1.165) is 5.70 Å². The molecule has 2 nitrogen and oxygen atoms in total. The number of allylic oxidation sites excluding steroid dienone is 2. The van der Waals surface area contributed by atoms with Crippen LogP contribution in [0, 0.1) is 11.8 Å². The van der Waals surface area contributed by atoms with E-state index < -0.39 is 0 Å². The summed E-state index contributed by atoms with van der Waals surface area (Å²) >= 11 is 0. The van der Waals surface area contributed by atoms with Gasteiger partial charge in [-0.05, 0) is 18.6 Å². The summed E-state index contributed by atoms with van der Waals surface area (Å²) in [5.41, 5.74) is 2.27. The highest BCUT2D eigenvalue weighted by Gasteiger charge is 2.10. The topological polar surface area (TPSA) is 24.4 Å². The third-order valence-electron chi connectivity index (χ3n) is 1.84. The van der Waals surface area contributed by atoms with Crippen LogP contribution in [0.5, 0.6) is 0 Å². The molecule has 0 heterocycles. The standard InChI is InChI=1S/C10H20N2/c1-7(2)9(11-5)10(12-6)8(3)4/h7-8,12H,5H2,1-4,6H3/b10-9-. The molecule has 0 aromatic carbocycles. The van der Waals surface area contributed by atoms with Crippen molar-refractivity contribution >= 4 is 6.72 Å². The second kappa shape index (κ2) is 4.96. The summed E-state index contributed by atoms with van der Waals surface area (Å²) in [6.45, 7) is 12.1. The summed E-state index contributed by atoms with van der Waals surface area (Å²) in [6, 6.07) is 0. The van der Waals surface area contributed by atoms with Crippen molar-refractivity contribution in [3.05, 3.63) is 11.4 Å². The highest BCUT2D eigenvalue weighted by atomic mass is 14.9. The Morgan fingerprint density at radius 2 is 1.67 bits per heavy atom. The average Bonchev–Trinajstić information content (AvgIpc) is 1.98. The number of aliphatic imine (C=N–C) groups is 1. The van der Waals surface area contributed by atoms with Gasteiger partial charge in [-0.3, -0.25) is 4.99 Å². The molecule has 12 heavy (non-hydrogen) atoms. The molecule has 0 atom stereocenters. The molecule has 0 unspecified atom stereocenters. The molecule has 1 N–H and O–H groups in total. The first-order valence-corrected chi connectivity index (χ1v) is 4.43. The number of hydrogen-bond acceptors (Lipinski definition) is 2. The largest absolute Gasteiger partial charge is 0.390 e. The molecule has 0 aliphatic heterocycles. The van der Waals surface area contributed by atoms with E-state index in [1.165, 1.54) is 5.70 Å². The van der Waals surface area contributed by atoms with Crippen molar-refractivity contribution in [3.8, 4) is 0 Å². The highest BCUT2D eigenvalue weighted by molar-refractivity contribution is 5.31. The maximum Gasteiger partial charge on any atom is 0.0613 e. The van der Waals surface area contributed by atoms with Gasteiger partial charge in [-0.2, -0.15) is 0 Å². The first-order chi connectivity index (χ1) is 5.54. The van der Waals surface area contributed by atoms with Gasteiger partial charge in [0.05, 0.1) is 5.70 Å². The molecule has 0 amide bonds. The fourth-order valence-electron chi connectivity index (χ4n) is 1.29. The fraction of sp³-hybridized carbons (Fsp3) is 0.700. The summed E-state index contributed by atoms with van der Waals surface area (Å²) in [6.07, 6.45) is 0. The lowest BCUT2D eigenvalue weighted by atomic mass is 10.0. The molecular formula is C10H20N2. The zero-order valence-electron chi connectivity index (χ0n) is 8.81. The summed E-state index contributed by atoms with van der Waals surface area (Å²) in [5, 5.41) is 3.18. The minimum atomic E-state index is 0.437. The second-order valence-corrected chi connectivity index (χ2v) is 3.52. The maximum atomic E-state index is 4.05. The molecule has 70 valence electrons. The molecule has 0 aromatic rings. The van der Waals surface area contributed by atoms with Gasteiger partial charge in [-0.1, -0.05) is 27.7 Å². The van der Waals surface area contributed by atoms with Crippen LogP contribution in [0.3, 0.4) is 0 Å². The van der Waals surface area contributed by atoms with Gasteiger partial charge in [0.2, 0.25) is 0 Å². The molecule has 2 heteroatoms. The number of rotatable bonds is 4. The maximum absolute atomic E-state index is 4.05. The van der Waals surface area contributed by atoms with E-state index in [2.05, 4.69) is 44.7 Å². The van der Waals surface area contributed by atoms with Crippen molar-refractivity contribution in [1.29, 1.82) is 0 Å². The number of nitrogens with zero attached hydrogens (tertiary/aromatic N) is 1. The van der Waals surface area contributed by atoms with E-state index in [4.69, 9.17) is 0 Å². The Morgan fingerprint density at radius 3 is 1.75 bits per heavy atom. The molecular weight excluding hydrogens is 148 g/mol. The lowest BCUT2D eigenvalue weighted by Gasteiger charge is -2.17. The molecule has 0 fully saturated rings. The van der Waals surface area contributed by atoms with Crippen molar-refractivity contribution in [2.45, 2.75) is 27.7 Å². The van der Waals surface area contributed by atoms with Gasteiger partial charge in [-0.15, -0.1) is 0 Å². The minimum Gasteiger partial charge on any atom is -0.390 e. The minimum absolute atomic E-state index is 0.437. The van der Waals surface area contributed by atoms with Gasteiger partial charge >= 0.3 is 0 Å². The van der Waals surface area contributed by atoms with Gasteiger partial charge in [0.1, 0.15) is 0 Å². The van der Waals surface area contributed by atoms with E-state index in [1.807, 2.05) is 7.05 Å². The van der Waals surface area contributed by atoms with Crippen LogP contribution in [0.4, 0.5) is 0 Å².